The van der Waals surface area contributed by atoms with Gasteiger partial charge in [0.25, 0.3) is 5.91 Å². The summed E-state index contributed by atoms with van der Waals surface area (Å²) >= 11 is 0. The van der Waals surface area contributed by atoms with Gasteiger partial charge in [0.2, 0.25) is 11.7 Å². The second-order valence-electron chi connectivity index (χ2n) is 14.2. The van der Waals surface area contributed by atoms with Gasteiger partial charge in [-0.2, -0.15) is 0 Å². The summed E-state index contributed by atoms with van der Waals surface area (Å²) in [5.41, 5.74) is 2.46. The second kappa shape index (κ2) is 15.5. The van der Waals surface area contributed by atoms with Gasteiger partial charge in [0.1, 0.15) is 11.5 Å². The molecule has 1 amide bonds. The monoisotopic (exact) mass is 727 g/mol. The van der Waals surface area contributed by atoms with E-state index in [1.807, 2.05) is 48.2 Å². The third kappa shape index (κ3) is 7.55. The highest BCUT2D eigenvalue weighted by atomic mass is 19.2. The van der Waals surface area contributed by atoms with E-state index in [2.05, 4.69) is 14.8 Å². The van der Waals surface area contributed by atoms with Crippen LogP contribution < -0.4 is 19.1 Å². The number of aromatic amines is 1. The second-order valence-corrected chi connectivity index (χ2v) is 14.2. The zero-order valence-electron chi connectivity index (χ0n) is 30.8. The minimum absolute atomic E-state index is 0.186. The highest BCUT2D eigenvalue weighted by Crippen LogP contribution is 2.41. The summed E-state index contributed by atoms with van der Waals surface area (Å²) in [6.07, 6.45) is 3.98. The van der Waals surface area contributed by atoms with Gasteiger partial charge in [-0.1, -0.05) is 18.2 Å². The minimum Gasteiger partial charge on any atom is -0.493 e. The molecule has 0 saturated carbocycles. The lowest BCUT2D eigenvalue weighted by atomic mass is 9.71. The van der Waals surface area contributed by atoms with E-state index in [0.717, 1.165) is 73.8 Å². The van der Waals surface area contributed by atoms with Crippen molar-refractivity contribution in [3.05, 3.63) is 101 Å². The molecule has 1 N–H and O–H groups in total. The molecule has 53 heavy (non-hydrogen) atoms. The number of H-pyrrole nitrogens is 1. The fraction of sp³-hybridized carbons (Fsp3) is 0.415. The number of methoxy groups -OCH3 is 3. The van der Waals surface area contributed by atoms with Crippen LogP contribution in [0.5, 0.6) is 17.2 Å². The number of aryl methyl sites for hydroxylation is 1. The van der Waals surface area contributed by atoms with Crippen LogP contribution in [-0.2, 0) is 12.0 Å². The molecule has 1 atom stereocenters. The first kappa shape index (κ1) is 36.3. The summed E-state index contributed by atoms with van der Waals surface area (Å²) in [4.78, 5) is 29.2. The summed E-state index contributed by atoms with van der Waals surface area (Å²) in [5, 5.41) is 0. The number of nitrogens with zero attached hydrogens (tertiary/aromatic N) is 4. The predicted molar refractivity (Wildman–Crippen MR) is 199 cm³/mol. The number of hydrogen-bond acceptors (Lipinski definition) is 8. The van der Waals surface area contributed by atoms with Crippen LogP contribution in [0, 0.1) is 18.6 Å². The van der Waals surface area contributed by atoms with E-state index in [1.54, 1.807) is 18.2 Å². The SMILES string of the molecule is COc1cc(C(=O)N2CCCC(CCN3CCC(N(Cc4ccc(C)o4)c4nc5ccccc5[nH]4)CC3)(c3ccc(F)c(F)c3)C2)cc(OC)c1OC. The first-order chi connectivity index (χ1) is 25.7. The van der Waals surface area contributed by atoms with Gasteiger partial charge < -0.3 is 38.3 Å². The smallest absolute Gasteiger partial charge is 0.254 e. The molecule has 2 aromatic heterocycles. The average molecular weight is 728 g/mol. The van der Waals surface area contributed by atoms with Crippen LogP contribution in [-0.4, -0.2) is 85.8 Å². The van der Waals surface area contributed by atoms with Crippen molar-refractivity contribution in [1.29, 1.82) is 0 Å². The molecular formula is C41H47F2N5O5. The zero-order chi connectivity index (χ0) is 37.1. The molecule has 280 valence electrons. The summed E-state index contributed by atoms with van der Waals surface area (Å²) < 4.78 is 51.5. The molecule has 4 heterocycles. The van der Waals surface area contributed by atoms with E-state index < -0.39 is 17.0 Å². The number of rotatable bonds is 12. The number of furan rings is 1. The van der Waals surface area contributed by atoms with E-state index in [9.17, 15) is 13.6 Å². The lowest BCUT2D eigenvalue weighted by Gasteiger charge is -2.45. The van der Waals surface area contributed by atoms with E-state index in [-0.39, 0.29) is 11.9 Å². The number of imidazole rings is 1. The summed E-state index contributed by atoms with van der Waals surface area (Å²) in [5.74, 6) is 1.83. The number of carbonyl (C=O) groups is 1. The van der Waals surface area contributed by atoms with Crippen LogP contribution in [0.3, 0.4) is 0 Å². The van der Waals surface area contributed by atoms with E-state index >= 15 is 0 Å². The molecule has 0 radical (unpaired) electrons. The Hall–Kier alpha value is -5.10. The van der Waals surface area contributed by atoms with Crippen LogP contribution in [0.25, 0.3) is 11.0 Å². The maximum atomic E-state index is 14.8. The van der Waals surface area contributed by atoms with E-state index in [0.29, 0.717) is 54.4 Å². The fourth-order valence-electron chi connectivity index (χ4n) is 8.12. The summed E-state index contributed by atoms with van der Waals surface area (Å²) in [6.45, 7) is 5.94. The number of anilines is 1. The molecule has 12 heteroatoms. The Morgan fingerprint density at radius 1 is 0.962 bits per heavy atom. The Bertz CT molecular complexity index is 2000. The molecule has 10 nitrogen and oxygen atoms in total. The van der Waals surface area contributed by atoms with Gasteiger partial charge in [-0.05, 0) is 99.7 Å². The lowest BCUT2D eigenvalue weighted by molar-refractivity contribution is 0.0605. The topological polar surface area (TPSA) is 96.3 Å². The minimum atomic E-state index is -0.883. The number of nitrogens with one attached hydrogen (secondary N) is 1. The van der Waals surface area contributed by atoms with Gasteiger partial charge in [0.15, 0.2) is 23.1 Å². The van der Waals surface area contributed by atoms with Crippen molar-refractivity contribution in [1.82, 2.24) is 19.8 Å². The van der Waals surface area contributed by atoms with Crippen molar-refractivity contribution >= 4 is 22.9 Å². The van der Waals surface area contributed by atoms with Crippen molar-refractivity contribution in [2.24, 2.45) is 0 Å². The number of piperidine rings is 2. The molecule has 1 unspecified atom stereocenters. The Kier molecular flexibility index (Phi) is 10.6. The first-order valence-corrected chi connectivity index (χ1v) is 18.2. The molecule has 3 aromatic carbocycles. The van der Waals surface area contributed by atoms with Gasteiger partial charge in [-0.15, -0.1) is 0 Å². The molecule has 0 bridgehead atoms. The number of benzene rings is 3. The molecule has 2 saturated heterocycles. The van der Waals surface area contributed by atoms with Crippen molar-refractivity contribution in [3.8, 4) is 17.2 Å². The zero-order valence-corrected chi connectivity index (χ0v) is 30.8. The van der Waals surface area contributed by atoms with Crippen LogP contribution in [0.2, 0.25) is 0 Å². The third-order valence-electron chi connectivity index (χ3n) is 11.0. The molecule has 0 spiro atoms. The molecule has 5 aromatic rings. The van der Waals surface area contributed by atoms with Gasteiger partial charge in [0, 0.05) is 43.2 Å². The number of aromatic nitrogens is 2. The molecular weight excluding hydrogens is 680 g/mol. The number of para-hydroxylation sites is 2. The normalized spacial score (nSPS) is 18.3. The Morgan fingerprint density at radius 3 is 2.38 bits per heavy atom. The number of amides is 1. The van der Waals surface area contributed by atoms with E-state index in [4.69, 9.17) is 23.6 Å². The van der Waals surface area contributed by atoms with Crippen LogP contribution in [0.1, 0.15) is 59.5 Å². The van der Waals surface area contributed by atoms with E-state index in [1.165, 1.54) is 33.5 Å². The van der Waals surface area contributed by atoms with Crippen molar-refractivity contribution in [2.45, 2.75) is 57.0 Å². The van der Waals surface area contributed by atoms with Gasteiger partial charge >= 0.3 is 0 Å². The third-order valence-corrected chi connectivity index (χ3v) is 11.0. The first-order valence-electron chi connectivity index (χ1n) is 18.2. The number of halogens is 2. The predicted octanol–water partition coefficient (Wildman–Crippen LogP) is 7.50. The largest absolute Gasteiger partial charge is 0.493 e. The molecule has 7 rings (SSSR count). The Labute approximate surface area is 308 Å². The Morgan fingerprint density at radius 2 is 1.72 bits per heavy atom. The Balaban J connectivity index is 1.09. The highest BCUT2D eigenvalue weighted by Gasteiger charge is 2.40. The lowest BCUT2D eigenvalue weighted by Crippen LogP contribution is -2.51. The van der Waals surface area contributed by atoms with Crippen LogP contribution in [0.4, 0.5) is 14.7 Å². The number of likely N-dealkylation sites (tertiary alicyclic amines) is 2. The summed E-state index contributed by atoms with van der Waals surface area (Å²) in [7, 11) is 4.54. The number of fused-ring (bicyclic) bond motifs is 1. The maximum Gasteiger partial charge on any atom is 0.254 e. The van der Waals surface area contributed by atoms with Crippen molar-refractivity contribution in [2.75, 3.05) is 59.0 Å². The molecule has 2 aliphatic rings. The number of hydrogen-bond donors (Lipinski definition) is 1. The number of ether oxygens (including phenoxy) is 3. The summed E-state index contributed by atoms with van der Waals surface area (Å²) in [6, 6.07) is 19.8. The quantitative estimate of drug-likeness (QED) is 0.141. The van der Waals surface area contributed by atoms with Gasteiger partial charge in [0.05, 0.1) is 38.9 Å². The molecule has 0 aliphatic carbocycles. The van der Waals surface area contributed by atoms with Crippen molar-refractivity contribution in [3.63, 3.8) is 0 Å². The standard InChI is InChI=1S/C41H47F2N5O5/c1-27-10-12-31(53-27)25-48(40-44-34-8-5-6-9-35(34)45-40)30-14-19-46(20-15-30)21-17-41(29-11-13-32(42)33(43)24-29)16-7-18-47(26-41)39(49)28-22-36(50-2)38(52-4)37(23-28)51-3/h5-6,8-13,22-24,30H,7,14-21,25-26H2,1-4H3,(H,44,45). The van der Waals surface area contributed by atoms with Gasteiger partial charge in [-0.25, -0.2) is 13.8 Å². The molecule has 2 fully saturated rings. The average Bonchev–Trinajstić information content (AvgIpc) is 3.82. The number of carbonyl (C=O) groups excluding carboxylic acids is 1. The van der Waals surface area contributed by atoms with Crippen LogP contribution >= 0.6 is 0 Å². The molecule has 2 aliphatic heterocycles. The van der Waals surface area contributed by atoms with Crippen LogP contribution in [0.15, 0.2) is 71.1 Å². The maximum absolute atomic E-state index is 14.8. The van der Waals surface area contributed by atoms with Crippen molar-refractivity contribution < 1.29 is 32.2 Å². The van der Waals surface area contributed by atoms with Gasteiger partial charge in [-0.3, -0.25) is 4.79 Å². The highest BCUT2D eigenvalue weighted by molar-refractivity contribution is 5.96. The fourth-order valence-corrected chi connectivity index (χ4v) is 8.12.